The summed E-state index contributed by atoms with van der Waals surface area (Å²) < 4.78 is 0. The van der Waals surface area contributed by atoms with Crippen LogP contribution in [0.1, 0.15) is 44.9 Å². The molecule has 0 bridgehead atoms. The number of carbonyl (C=O) groups excluding carboxylic acids is 1. The van der Waals surface area contributed by atoms with Crippen LogP contribution in [0.5, 0.6) is 0 Å². The van der Waals surface area contributed by atoms with Gasteiger partial charge in [0, 0.05) is 0 Å². The Bertz CT molecular complexity index is 220. The van der Waals surface area contributed by atoms with E-state index in [4.69, 9.17) is 10.8 Å². The maximum Gasteiger partial charge on any atom is 0.316 e. The van der Waals surface area contributed by atoms with Crippen LogP contribution < -0.4 is 5.73 Å². The largest absolute Gasteiger partial charge is 0.481 e. The lowest BCUT2D eigenvalue weighted by atomic mass is 9.84. The van der Waals surface area contributed by atoms with Crippen molar-refractivity contribution < 1.29 is 14.7 Å². The van der Waals surface area contributed by atoms with Gasteiger partial charge in [-0.05, 0) is 18.8 Å². The molecule has 1 unspecified atom stereocenters. The van der Waals surface area contributed by atoms with Crippen LogP contribution in [0.15, 0.2) is 0 Å². The van der Waals surface area contributed by atoms with E-state index in [9.17, 15) is 9.59 Å². The number of hydrogen-bond acceptors (Lipinski definition) is 2. The molecule has 1 saturated carbocycles. The molecule has 1 rings (SSSR count). The number of nitrogens with two attached hydrogens (primary N) is 1. The SMILES string of the molecule is NC(=O)C(CCC1CCCCC1)C(=O)O. The molecular weight excluding hydrogens is 194 g/mol. The van der Waals surface area contributed by atoms with E-state index in [-0.39, 0.29) is 0 Å². The molecule has 0 aromatic carbocycles. The highest BCUT2D eigenvalue weighted by Crippen LogP contribution is 2.28. The number of carboxylic acids is 1. The molecule has 1 fully saturated rings. The predicted molar refractivity (Wildman–Crippen MR) is 56.1 cm³/mol. The Labute approximate surface area is 89.8 Å². The first-order valence-corrected chi connectivity index (χ1v) is 5.63. The Morgan fingerprint density at radius 1 is 1.27 bits per heavy atom. The van der Waals surface area contributed by atoms with Gasteiger partial charge in [-0.25, -0.2) is 0 Å². The van der Waals surface area contributed by atoms with E-state index in [2.05, 4.69) is 0 Å². The number of carbonyl (C=O) groups is 2. The summed E-state index contributed by atoms with van der Waals surface area (Å²) >= 11 is 0. The van der Waals surface area contributed by atoms with Crippen molar-refractivity contribution in [2.24, 2.45) is 17.6 Å². The van der Waals surface area contributed by atoms with Crippen molar-refractivity contribution in [1.82, 2.24) is 0 Å². The first-order valence-electron chi connectivity index (χ1n) is 5.63. The van der Waals surface area contributed by atoms with Gasteiger partial charge in [0.25, 0.3) is 0 Å². The molecule has 0 aromatic heterocycles. The number of carboxylic acid groups (broad SMARTS) is 1. The van der Waals surface area contributed by atoms with Crippen molar-refractivity contribution in [2.75, 3.05) is 0 Å². The molecule has 3 N–H and O–H groups in total. The summed E-state index contributed by atoms with van der Waals surface area (Å²) in [5.41, 5.74) is 5.03. The summed E-state index contributed by atoms with van der Waals surface area (Å²) in [7, 11) is 0. The summed E-state index contributed by atoms with van der Waals surface area (Å²) in [5, 5.41) is 8.77. The Morgan fingerprint density at radius 3 is 2.33 bits per heavy atom. The summed E-state index contributed by atoms with van der Waals surface area (Å²) in [5.74, 6) is -2.19. The van der Waals surface area contributed by atoms with Crippen LogP contribution >= 0.6 is 0 Å². The molecule has 4 nitrogen and oxygen atoms in total. The fourth-order valence-corrected chi connectivity index (χ4v) is 2.27. The van der Waals surface area contributed by atoms with Gasteiger partial charge in [0.15, 0.2) is 0 Å². The minimum absolute atomic E-state index is 0.398. The Balaban J connectivity index is 2.32. The van der Waals surface area contributed by atoms with E-state index in [0.717, 1.165) is 6.42 Å². The van der Waals surface area contributed by atoms with Gasteiger partial charge >= 0.3 is 5.97 Å². The number of aliphatic carboxylic acids is 1. The second-order valence-corrected chi connectivity index (χ2v) is 4.37. The summed E-state index contributed by atoms with van der Waals surface area (Å²) in [4.78, 5) is 21.6. The van der Waals surface area contributed by atoms with Gasteiger partial charge in [-0.3, -0.25) is 9.59 Å². The van der Waals surface area contributed by atoms with Crippen LogP contribution in [-0.4, -0.2) is 17.0 Å². The van der Waals surface area contributed by atoms with Gasteiger partial charge in [0.05, 0.1) is 0 Å². The maximum absolute atomic E-state index is 10.9. The zero-order chi connectivity index (χ0) is 11.3. The van der Waals surface area contributed by atoms with Crippen molar-refractivity contribution >= 4 is 11.9 Å². The van der Waals surface area contributed by atoms with Gasteiger partial charge in [-0.1, -0.05) is 32.1 Å². The van der Waals surface area contributed by atoms with Gasteiger partial charge in [0.2, 0.25) is 5.91 Å². The van der Waals surface area contributed by atoms with Crippen molar-refractivity contribution in [1.29, 1.82) is 0 Å². The smallest absolute Gasteiger partial charge is 0.316 e. The number of primary amides is 1. The van der Waals surface area contributed by atoms with Gasteiger partial charge in [-0.2, -0.15) is 0 Å². The Kier molecular flexibility index (Phi) is 4.59. The van der Waals surface area contributed by atoms with Crippen LogP contribution in [-0.2, 0) is 9.59 Å². The Morgan fingerprint density at radius 2 is 1.87 bits per heavy atom. The molecular formula is C11H19NO3. The summed E-state index contributed by atoms with van der Waals surface area (Å²) in [6.45, 7) is 0. The molecule has 15 heavy (non-hydrogen) atoms. The highest BCUT2D eigenvalue weighted by Gasteiger charge is 2.25. The molecule has 86 valence electrons. The average molecular weight is 213 g/mol. The van der Waals surface area contributed by atoms with E-state index in [1.165, 1.54) is 32.1 Å². The lowest BCUT2D eigenvalue weighted by molar-refractivity contribution is -0.146. The quantitative estimate of drug-likeness (QED) is 0.679. The standard InChI is InChI=1S/C11H19NO3/c12-10(13)9(11(14)15)7-6-8-4-2-1-3-5-8/h8-9H,1-7H2,(H2,12,13)(H,14,15). The molecule has 0 aromatic rings. The van der Waals surface area contributed by atoms with Crippen LogP contribution in [0, 0.1) is 11.8 Å². The molecule has 0 radical (unpaired) electrons. The average Bonchev–Trinajstić information content (AvgIpc) is 2.18. The van der Waals surface area contributed by atoms with E-state index in [0.29, 0.717) is 12.3 Å². The topological polar surface area (TPSA) is 80.4 Å². The van der Waals surface area contributed by atoms with Crippen LogP contribution in [0.2, 0.25) is 0 Å². The molecule has 1 atom stereocenters. The number of amides is 1. The fraction of sp³-hybridized carbons (Fsp3) is 0.818. The Hall–Kier alpha value is -1.06. The van der Waals surface area contributed by atoms with E-state index in [1.54, 1.807) is 0 Å². The highest BCUT2D eigenvalue weighted by atomic mass is 16.4. The predicted octanol–water partition coefficient (Wildman–Crippen LogP) is 1.53. The van der Waals surface area contributed by atoms with E-state index >= 15 is 0 Å². The minimum atomic E-state index is -1.08. The molecule has 1 aliphatic carbocycles. The van der Waals surface area contributed by atoms with Crippen molar-refractivity contribution in [3.63, 3.8) is 0 Å². The fourth-order valence-electron chi connectivity index (χ4n) is 2.27. The highest BCUT2D eigenvalue weighted by molar-refractivity contribution is 5.95. The number of hydrogen-bond donors (Lipinski definition) is 2. The zero-order valence-electron chi connectivity index (χ0n) is 8.95. The monoisotopic (exact) mass is 213 g/mol. The first kappa shape index (κ1) is 12.0. The van der Waals surface area contributed by atoms with E-state index < -0.39 is 17.8 Å². The van der Waals surface area contributed by atoms with Gasteiger partial charge < -0.3 is 10.8 Å². The van der Waals surface area contributed by atoms with Gasteiger partial charge in [0.1, 0.15) is 5.92 Å². The summed E-state index contributed by atoms with van der Waals surface area (Å²) in [6.07, 6.45) is 7.32. The second-order valence-electron chi connectivity index (χ2n) is 4.37. The first-order chi connectivity index (χ1) is 7.11. The van der Waals surface area contributed by atoms with Crippen molar-refractivity contribution in [3.05, 3.63) is 0 Å². The molecule has 0 aliphatic heterocycles. The van der Waals surface area contributed by atoms with Gasteiger partial charge in [-0.15, -0.1) is 0 Å². The third-order valence-corrected chi connectivity index (χ3v) is 3.23. The second kappa shape index (κ2) is 5.73. The van der Waals surface area contributed by atoms with Crippen molar-refractivity contribution in [2.45, 2.75) is 44.9 Å². The molecule has 1 aliphatic rings. The molecule has 1 amide bonds. The van der Waals surface area contributed by atoms with Crippen LogP contribution in [0.4, 0.5) is 0 Å². The molecule has 0 spiro atoms. The summed E-state index contributed by atoms with van der Waals surface area (Å²) in [6, 6.07) is 0. The lowest BCUT2D eigenvalue weighted by Crippen LogP contribution is -2.30. The molecule has 0 saturated heterocycles. The third kappa shape index (κ3) is 3.90. The minimum Gasteiger partial charge on any atom is -0.481 e. The lowest BCUT2D eigenvalue weighted by Gasteiger charge is -2.22. The van der Waals surface area contributed by atoms with Crippen molar-refractivity contribution in [3.8, 4) is 0 Å². The number of rotatable bonds is 5. The van der Waals surface area contributed by atoms with E-state index in [1.807, 2.05) is 0 Å². The normalized spacial score (nSPS) is 19.7. The zero-order valence-corrected chi connectivity index (χ0v) is 8.95. The molecule has 0 heterocycles. The molecule has 4 heteroatoms. The van der Waals surface area contributed by atoms with Crippen LogP contribution in [0.3, 0.4) is 0 Å². The maximum atomic E-state index is 10.9. The van der Waals surface area contributed by atoms with Crippen LogP contribution in [0.25, 0.3) is 0 Å². The third-order valence-electron chi connectivity index (χ3n) is 3.23.